The zero-order valence-electron chi connectivity index (χ0n) is 11.9. The summed E-state index contributed by atoms with van der Waals surface area (Å²) in [6, 6.07) is 8.49. The third kappa shape index (κ3) is 2.88. The topological polar surface area (TPSA) is 85.1 Å². The van der Waals surface area contributed by atoms with Crippen molar-refractivity contribution in [3.05, 3.63) is 46.5 Å². The second-order valence-corrected chi connectivity index (χ2v) is 7.82. The Hall–Kier alpha value is -2.19. The maximum Gasteiger partial charge on any atom is 0.262 e. The van der Waals surface area contributed by atoms with E-state index >= 15 is 0 Å². The predicted molar refractivity (Wildman–Crippen MR) is 84.3 cm³/mol. The molecule has 0 bridgehead atoms. The Morgan fingerprint density at radius 3 is 2.68 bits per heavy atom. The zero-order chi connectivity index (χ0) is 15.7. The van der Waals surface area contributed by atoms with Gasteiger partial charge in [0.2, 0.25) is 12.3 Å². The number of aromatic nitrogens is 2. The quantitative estimate of drug-likeness (QED) is 0.791. The van der Waals surface area contributed by atoms with Crippen molar-refractivity contribution >= 4 is 27.0 Å². The summed E-state index contributed by atoms with van der Waals surface area (Å²) in [7, 11) is -3.61. The molecule has 0 unspecified atom stereocenters. The van der Waals surface area contributed by atoms with Crippen molar-refractivity contribution < 1.29 is 12.8 Å². The lowest BCUT2D eigenvalue weighted by molar-refractivity contribution is 0.568. The normalized spacial score (nSPS) is 11.5. The van der Waals surface area contributed by atoms with Crippen LogP contribution in [0.5, 0.6) is 0 Å². The fourth-order valence-electron chi connectivity index (χ4n) is 2.10. The van der Waals surface area contributed by atoms with Crippen LogP contribution in [0.3, 0.4) is 0 Å². The van der Waals surface area contributed by atoms with Crippen LogP contribution in [0, 0.1) is 13.8 Å². The van der Waals surface area contributed by atoms with Crippen LogP contribution in [-0.4, -0.2) is 18.6 Å². The highest BCUT2D eigenvalue weighted by Crippen LogP contribution is 2.28. The molecule has 0 fully saturated rings. The molecule has 0 aliphatic rings. The first kappa shape index (κ1) is 14.7. The number of sulfonamides is 1. The average Bonchev–Trinajstić information content (AvgIpc) is 3.08. The summed E-state index contributed by atoms with van der Waals surface area (Å²) in [6.45, 7) is 3.67. The van der Waals surface area contributed by atoms with Gasteiger partial charge in [-0.25, -0.2) is 8.42 Å². The molecule has 22 heavy (non-hydrogen) atoms. The van der Waals surface area contributed by atoms with Gasteiger partial charge in [0, 0.05) is 21.0 Å². The Morgan fingerprint density at radius 1 is 1.23 bits per heavy atom. The largest absolute Gasteiger partial charge is 0.423 e. The van der Waals surface area contributed by atoms with E-state index in [1.807, 2.05) is 6.92 Å². The highest BCUT2D eigenvalue weighted by molar-refractivity contribution is 7.93. The number of hydrogen-bond acceptors (Lipinski definition) is 6. The predicted octanol–water partition coefficient (Wildman–Crippen LogP) is 3.22. The minimum absolute atomic E-state index is 0.304. The average molecular weight is 335 g/mol. The lowest BCUT2D eigenvalue weighted by Gasteiger charge is -2.08. The van der Waals surface area contributed by atoms with Crippen LogP contribution in [0.4, 0.5) is 5.69 Å². The van der Waals surface area contributed by atoms with E-state index in [4.69, 9.17) is 4.42 Å². The molecule has 2 aromatic heterocycles. The van der Waals surface area contributed by atoms with Crippen molar-refractivity contribution in [3.63, 3.8) is 0 Å². The summed E-state index contributed by atoms with van der Waals surface area (Å²) in [5.74, 6) is 0.337. The number of nitrogens with zero attached hydrogens (tertiary/aromatic N) is 2. The number of anilines is 1. The van der Waals surface area contributed by atoms with Gasteiger partial charge in [0.05, 0.1) is 0 Å². The molecular weight excluding hydrogens is 322 g/mol. The van der Waals surface area contributed by atoms with Gasteiger partial charge in [0.1, 0.15) is 4.90 Å². The van der Waals surface area contributed by atoms with Crippen LogP contribution in [0.2, 0.25) is 0 Å². The van der Waals surface area contributed by atoms with Gasteiger partial charge in [0.25, 0.3) is 10.0 Å². The van der Waals surface area contributed by atoms with E-state index in [-0.39, 0.29) is 0 Å². The summed E-state index contributed by atoms with van der Waals surface area (Å²) < 4.78 is 32.6. The van der Waals surface area contributed by atoms with Gasteiger partial charge in [-0.3, -0.25) is 4.72 Å². The van der Waals surface area contributed by atoms with Crippen molar-refractivity contribution in [2.45, 2.75) is 18.7 Å². The van der Waals surface area contributed by atoms with Gasteiger partial charge in [-0.05, 0) is 38.1 Å². The molecule has 0 spiro atoms. The van der Waals surface area contributed by atoms with Crippen molar-refractivity contribution in [2.24, 2.45) is 0 Å². The fourth-order valence-corrected chi connectivity index (χ4v) is 4.70. The number of aryl methyl sites for hydroxylation is 2. The van der Waals surface area contributed by atoms with Gasteiger partial charge in [-0.1, -0.05) is 6.07 Å². The van der Waals surface area contributed by atoms with E-state index in [1.54, 1.807) is 37.3 Å². The fraction of sp³-hybridized carbons (Fsp3) is 0.143. The Balaban J connectivity index is 1.93. The summed E-state index contributed by atoms with van der Waals surface area (Å²) in [6.07, 6.45) is 1.23. The number of rotatable bonds is 4. The maximum absolute atomic E-state index is 12.5. The highest BCUT2D eigenvalue weighted by atomic mass is 32.2. The minimum atomic E-state index is -3.61. The highest BCUT2D eigenvalue weighted by Gasteiger charge is 2.19. The lowest BCUT2D eigenvalue weighted by atomic mass is 10.2. The summed E-state index contributed by atoms with van der Waals surface area (Å²) >= 11 is 1.46. The van der Waals surface area contributed by atoms with E-state index in [9.17, 15) is 8.42 Å². The van der Waals surface area contributed by atoms with Crippen LogP contribution in [0.1, 0.15) is 9.75 Å². The van der Waals surface area contributed by atoms with Gasteiger partial charge < -0.3 is 4.42 Å². The van der Waals surface area contributed by atoms with Gasteiger partial charge >= 0.3 is 0 Å². The molecule has 6 nitrogen and oxygen atoms in total. The monoisotopic (exact) mass is 335 g/mol. The first-order valence-corrected chi connectivity index (χ1v) is 8.72. The van der Waals surface area contributed by atoms with E-state index in [0.717, 1.165) is 9.75 Å². The molecule has 0 saturated carbocycles. The molecule has 0 aliphatic carbocycles. The molecule has 2 heterocycles. The van der Waals surface area contributed by atoms with Crippen LogP contribution in [0.25, 0.3) is 11.5 Å². The molecule has 0 amide bonds. The second-order valence-electron chi connectivity index (χ2n) is 4.71. The molecule has 0 saturated heterocycles. The Labute approximate surface area is 131 Å². The van der Waals surface area contributed by atoms with Crippen LogP contribution in [0.15, 0.2) is 46.0 Å². The number of benzene rings is 1. The molecule has 0 aliphatic heterocycles. The second kappa shape index (κ2) is 5.54. The van der Waals surface area contributed by atoms with Crippen molar-refractivity contribution in [2.75, 3.05) is 4.72 Å². The molecule has 1 aromatic carbocycles. The van der Waals surface area contributed by atoms with Crippen molar-refractivity contribution in [1.82, 2.24) is 10.2 Å². The molecule has 3 aromatic rings. The summed E-state index contributed by atoms with van der Waals surface area (Å²) in [5.41, 5.74) is 1.09. The van der Waals surface area contributed by atoms with Gasteiger partial charge in [-0.2, -0.15) is 0 Å². The molecule has 0 radical (unpaired) electrons. The van der Waals surface area contributed by atoms with Crippen LogP contribution in [-0.2, 0) is 10.0 Å². The Kier molecular flexibility index (Phi) is 3.71. The van der Waals surface area contributed by atoms with Crippen LogP contribution >= 0.6 is 11.3 Å². The first-order valence-electron chi connectivity index (χ1n) is 6.42. The molecule has 114 valence electrons. The number of hydrogen-bond donors (Lipinski definition) is 1. The SMILES string of the molecule is Cc1cc(S(=O)(=O)Nc2cccc(-c3nnco3)c2)c(C)s1. The van der Waals surface area contributed by atoms with E-state index < -0.39 is 10.0 Å². The smallest absolute Gasteiger partial charge is 0.262 e. The number of nitrogens with one attached hydrogen (secondary N) is 1. The summed E-state index contributed by atoms with van der Waals surface area (Å²) in [4.78, 5) is 2.02. The lowest BCUT2D eigenvalue weighted by Crippen LogP contribution is -2.13. The van der Waals surface area contributed by atoms with E-state index in [1.165, 1.54) is 17.7 Å². The van der Waals surface area contributed by atoms with Crippen LogP contribution < -0.4 is 4.72 Å². The maximum atomic E-state index is 12.5. The van der Waals surface area contributed by atoms with Gasteiger partial charge in [-0.15, -0.1) is 21.5 Å². The zero-order valence-corrected chi connectivity index (χ0v) is 13.5. The van der Waals surface area contributed by atoms with Gasteiger partial charge in [0.15, 0.2) is 0 Å². The Morgan fingerprint density at radius 2 is 2.05 bits per heavy atom. The molecule has 1 N–H and O–H groups in total. The summed E-state index contributed by atoms with van der Waals surface area (Å²) in [5, 5.41) is 7.42. The third-order valence-electron chi connectivity index (χ3n) is 3.01. The molecular formula is C14H13N3O3S2. The van der Waals surface area contributed by atoms with E-state index in [2.05, 4.69) is 14.9 Å². The molecule has 0 atom stereocenters. The van der Waals surface area contributed by atoms with Crippen molar-refractivity contribution in [3.8, 4) is 11.5 Å². The number of thiophene rings is 1. The minimum Gasteiger partial charge on any atom is -0.423 e. The standard InChI is InChI=1S/C14H13N3O3S2/c1-9-6-13(10(2)21-9)22(18,19)17-12-5-3-4-11(7-12)14-16-15-8-20-14/h3-8,17H,1-2H3. The first-order chi connectivity index (χ1) is 10.5. The Bertz CT molecular complexity index is 899. The van der Waals surface area contributed by atoms with E-state index in [0.29, 0.717) is 22.0 Å². The molecule has 8 heteroatoms. The molecule has 3 rings (SSSR count). The third-order valence-corrected chi connectivity index (χ3v) is 5.61. The van der Waals surface area contributed by atoms with Crippen molar-refractivity contribution in [1.29, 1.82) is 0 Å².